The fourth-order valence-corrected chi connectivity index (χ4v) is 3.56. The topological polar surface area (TPSA) is 69.1 Å². The molecule has 1 heterocycles. The lowest BCUT2D eigenvalue weighted by atomic mass is 9.93. The SMILES string of the molecule is CCNC(=NCC(O)COCc1ccccc1)NCCC1CCN(CC(F)(F)F)CC1.I. The lowest BCUT2D eigenvalue weighted by Gasteiger charge is -2.32. The molecular formula is C22H36F3IN4O2. The molecule has 0 radical (unpaired) electrons. The molecule has 2 rings (SSSR count). The molecule has 0 aromatic heterocycles. The molecule has 1 fully saturated rings. The number of nitrogens with zero attached hydrogens (tertiary/aromatic N) is 2. The Hall–Kier alpha value is -1.11. The largest absolute Gasteiger partial charge is 0.401 e. The maximum Gasteiger partial charge on any atom is 0.401 e. The average molecular weight is 572 g/mol. The minimum Gasteiger partial charge on any atom is -0.389 e. The van der Waals surface area contributed by atoms with E-state index in [2.05, 4.69) is 15.6 Å². The van der Waals surface area contributed by atoms with Gasteiger partial charge in [0.15, 0.2) is 5.96 Å². The van der Waals surface area contributed by atoms with Crippen LogP contribution in [0.2, 0.25) is 0 Å². The lowest BCUT2D eigenvalue weighted by molar-refractivity contribution is -0.148. The molecule has 1 aliphatic rings. The minimum atomic E-state index is -4.12. The van der Waals surface area contributed by atoms with E-state index in [1.54, 1.807) is 0 Å². The van der Waals surface area contributed by atoms with Crippen molar-refractivity contribution in [2.24, 2.45) is 10.9 Å². The molecule has 184 valence electrons. The van der Waals surface area contributed by atoms with Gasteiger partial charge in [0, 0.05) is 13.1 Å². The van der Waals surface area contributed by atoms with Crippen molar-refractivity contribution in [3.05, 3.63) is 35.9 Å². The predicted molar refractivity (Wildman–Crippen MR) is 131 cm³/mol. The number of ether oxygens (including phenoxy) is 1. The van der Waals surface area contributed by atoms with Gasteiger partial charge in [-0.25, -0.2) is 0 Å². The molecule has 1 aromatic carbocycles. The van der Waals surface area contributed by atoms with Gasteiger partial charge in [0.05, 0.1) is 32.4 Å². The van der Waals surface area contributed by atoms with Crippen molar-refractivity contribution >= 4 is 29.9 Å². The second-order valence-electron chi connectivity index (χ2n) is 7.92. The van der Waals surface area contributed by atoms with E-state index in [0.717, 1.165) is 24.8 Å². The van der Waals surface area contributed by atoms with Gasteiger partial charge in [-0.15, -0.1) is 24.0 Å². The van der Waals surface area contributed by atoms with Crippen LogP contribution in [0.4, 0.5) is 13.2 Å². The summed E-state index contributed by atoms with van der Waals surface area (Å²) in [6, 6.07) is 9.77. The van der Waals surface area contributed by atoms with E-state index in [-0.39, 0.29) is 37.1 Å². The Morgan fingerprint density at radius 2 is 1.91 bits per heavy atom. The number of alkyl halides is 3. The normalized spacial score (nSPS) is 17.0. The van der Waals surface area contributed by atoms with Crippen molar-refractivity contribution in [2.75, 3.05) is 45.9 Å². The van der Waals surface area contributed by atoms with Crippen LogP contribution in [0.5, 0.6) is 0 Å². The van der Waals surface area contributed by atoms with Crippen LogP contribution in [-0.4, -0.2) is 74.1 Å². The number of nitrogens with one attached hydrogen (secondary N) is 2. The fraction of sp³-hybridized carbons (Fsp3) is 0.682. The molecule has 0 aliphatic carbocycles. The van der Waals surface area contributed by atoms with E-state index in [4.69, 9.17) is 4.74 Å². The molecule has 1 aromatic rings. The van der Waals surface area contributed by atoms with Crippen molar-refractivity contribution in [2.45, 2.75) is 45.1 Å². The summed E-state index contributed by atoms with van der Waals surface area (Å²) in [6.07, 6.45) is -2.38. The second-order valence-corrected chi connectivity index (χ2v) is 7.92. The smallest absolute Gasteiger partial charge is 0.389 e. The molecule has 1 aliphatic heterocycles. The molecule has 0 amide bonds. The van der Waals surface area contributed by atoms with Crippen LogP contribution in [0.25, 0.3) is 0 Å². The predicted octanol–water partition coefficient (Wildman–Crippen LogP) is 3.40. The Morgan fingerprint density at radius 1 is 1.22 bits per heavy atom. The summed E-state index contributed by atoms with van der Waals surface area (Å²) in [6.45, 7) is 4.40. The number of benzene rings is 1. The Labute approximate surface area is 206 Å². The quantitative estimate of drug-likeness (QED) is 0.216. The second kappa shape index (κ2) is 15.7. The van der Waals surface area contributed by atoms with Crippen molar-refractivity contribution in [1.82, 2.24) is 15.5 Å². The summed E-state index contributed by atoms with van der Waals surface area (Å²) < 4.78 is 43.0. The molecule has 10 heteroatoms. The van der Waals surface area contributed by atoms with Crippen molar-refractivity contribution in [3.8, 4) is 0 Å². The van der Waals surface area contributed by atoms with Gasteiger partial charge in [0.25, 0.3) is 0 Å². The Balaban J connectivity index is 0.00000512. The average Bonchev–Trinajstić information content (AvgIpc) is 2.73. The molecule has 0 spiro atoms. The first kappa shape index (κ1) is 28.9. The maximum absolute atomic E-state index is 12.5. The van der Waals surface area contributed by atoms with Crippen LogP contribution in [-0.2, 0) is 11.3 Å². The van der Waals surface area contributed by atoms with Crippen LogP contribution in [0.15, 0.2) is 35.3 Å². The molecule has 0 bridgehead atoms. The maximum atomic E-state index is 12.5. The molecule has 3 N–H and O–H groups in total. The van der Waals surface area contributed by atoms with Crippen molar-refractivity contribution in [1.29, 1.82) is 0 Å². The monoisotopic (exact) mass is 572 g/mol. The number of aliphatic hydroxyl groups excluding tert-OH is 1. The van der Waals surface area contributed by atoms with E-state index in [1.807, 2.05) is 37.3 Å². The highest BCUT2D eigenvalue weighted by Gasteiger charge is 2.32. The third kappa shape index (κ3) is 12.8. The van der Waals surface area contributed by atoms with Gasteiger partial charge in [-0.3, -0.25) is 9.89 Å². The number of guanidine groups is 1. The number of aliphatic imine (C=N–C) groups is 1. The Morgan fingerprint density at radius 3 is 2.53 bits per heavy atom. The van der Waals surface area contributed by atoms with E-state index in [0.29, 0.717) is 44.7 Å². The van der Waals surface area contributed by atoms with Gasteiger partial charge in [-0.1, -0.05) is 30.3 Å². The molecular weight excluding hydrogens is 536 g/mol. The number of hydrogen-bond acceptors (Lipinski definition) is 4. The number of aliphatic hydroxyl groups is 1. The first-order valence-electron chi connectivity index (χ1n) is 11.0. The summed E-state index contributed by atoms with van der Waals surface area (Å²) in [5.41, 5.74) is 1.05. The molecule has 0 saturated carbocycles. The first-order chi connectivity index (χ1) is 14.9. The number of hydrogen-bond donors (Lipinski definition) is 3. The van der Waals surface area contributed by atoms with E-state index >= 15 is 0 Å². The van der Waals surface area contributed by atoms with Gasteiger partial charge in [0.1, 0.15) is 0 Å². The molecule has 32 heavy (non-hydrogen) atoms. The third-order valence-electron chi connectivity index (χ3n) is 5.18. The zero-order valence-corrected chi connectivity index (χ0v) is 20.9. The Bertz CT molecular complexity index is 642. The van der Waals surface area contributed by atoms with Crippen LogP contribution in [0, 0.1) is 5.92 Å². The summed E-state index contributed by atoms with van der Waals surface area (Å²) in [5.74, 6) is 1.04. The zero-order chi connectivity index (χ0) is 22.5. The van der Waals surface area contributed by atoms with Crippen molar-refractivity contribution < 1.29 is 23.0 Å². The lowest BCUT2D eigenvalue weighted by Crippen LogP contribution is -2.42. The van der Waals surface area contributed by atoms with E-state index in [1.165, 1.54) is 4.90 Å². The van der Waals surface area contributed by atoms with Gasteiger partial charge >= 0.3 is 6.18 Å². The summed E-state index contributed by atoms with van der Waals surface area (Å²) in [7, 11) is 0. The molecule has 1 unspecified atom stereocenters. The molecule has 6 nitrogen and oxygen atoms in total. The highest BCUT2D eigenvalue weighted by molar-refractivity contribution is 14.0. The third-order valence-corrected chi connectivity index (χ3v) is 5.18. The summed E-state index contributed by atoms with van der Waals surface area (Å²) in [4.78, 5) is 5.89. The van der Waals surface area contributed by atoms with Crippen LogP contribution < -0.4 is 10.6 Å². The molecule has 1 atom stereocenters. The summed E-state index contributed by atoms with van der Waals surface area (Å²) >= 11 is 0. The number of rotatable bonds is 11. The molecule has 1 saturated heterocycles. The van der Waals surface area contributed by atoms with Gasteiger partial charge in [-0.05, 0) is 50.8 Å². The van der Waals surface area contributed by atoms with Gasteiger partial charge in [-0.2, -0.15) is 13.2 Å². The standard InChI is InChI=1S/C22H35F3N4O2.HI/c1-2-26-21(28-14-20(30)16-31-15-19-6-4-3-5-7-19)27-11-8-18-9-12-29(13-10-18)17-22(23,24)25;/h3-7,18,20,30H,2,8-17H2,1H3,(H2,26,27,28);1H. The van der Waals surface area contributed by atoms with Crippen LogP contribution in [0.1, 0.15) is 31.7 Å². The van der Waals surface area contributed by atoms with Gasteiger partial charge < -0.3 is 20.5 Å². The Kier molecular flexibility index (Phi) is 14.2. The summed E-state index contributed by atoms with van der Waals surface area (Å²) in [5, 5.41) is 16.5. The number of piperidine rings is 1. The highest BCUT2D eigenvalue weighted by Crippen LogP contribution is 2.23. The van der Waals surface area contributed by atoms with Crippen molar-refractivity contribution in [3.63, 3.8) is 0 Å². The van der Waals surface area contributed by atoms with Crippen LogP contribution >= 0.6 is 24.0 Å². The van der Waals surface area contributed by atoms with Gasteiger partial charge in [0.2, 0.25) is 0 Å². The van der Waals surface area contributed by atoms with Crippen LogP contribution in [0.3, 0.4) is 0 Å². The zero-order valence-electron chi connectivity index (χ0n) is 18.6. The highest BCUT2D eigenvalue weighted by atomic mass is 127. The number of halogens is 4. The number of likely N-dealkylation sites (tertiary alicyclic amines) is 1. The first-order valence-corrected chi connectivity index (χ1v) is 11.0. The van der Waals surface area contributed by atoms with E-state index < -0.39 is 18.8 Å². The van der Waals surface area contributed by atoms with E-state index in [9.17, 15) is 18.3 Å². The minimum absolute atomic E-state index is 0. The fourth-order valence-electron chi connectivity index (χ4n) is 3.56.